The highest BCUT2D eigenvalue weighted by molar-refractivity contribution is 5.34. The summed E-state index contributed by atoms with van der Waals surface area (Å²) in [5.41, 5.74) is 0. The van der Waals surface area contributed by atoms with Crippen LogP contribution in [0.1, 0.15) is 45.4 Å². The predicted octanol–water partition coefficient (Wildman–Crippen LogP) is 5.26. The van der Waals surface area contributed by atoms with Gasteiger partial charge in [0, 0.05) is 18.7 Å². The monoisotopic (exact) mass is 376 g/mol. The Balaban J connectivity index is 1.57. The van der Waals surface area contributed by atoms with Gasteiger partial charge < -0.3 is 14.6 Å². The average Bonchev–Trinajstić information content (AvgIpc) is 2.60. The highest BCUT2D eigenvalue weighted by Gasteiger charge is 2.45. The molecule has 0 bridgehead atoms. The first kappa shape index (κ1) is 19.3. The van der Waals surface area contributed by atoms with E-state index < -0.39 is 35.2 Å². The van der Waals surface area contributed by atoms with E-state index in [0.717, 1.165) is 19.4 Å². The van der Waals surface area contributed by atoms with Gasteiger partial charge in [0.25, 0.3) is 0 Å². The van der Waals surface area contributed by atoms with Crippen LogP contribution in [0.3, 0.4) is 0 Å². The second kappa shape index (κ2) is 7.62. The molecule has 1 N–H and O–H groups in total. The number of ether oxygens (including phenoxy) is 2. The van der Waals surface area contributed by atoms with Crippen molar-refractivity contribution in [3.63, 3.8) is 0 Å². The first-order valence-corrected chi connectivity index (χ1v) is 9.12. The van der Waals surface area contributed by atoms with Gasteiger partial charge in [-0.1, -0.05) is 6.92 Å². The van der Waals surface area contributed by atoms with Gasteiger partial charge in [-0.2, -0.15) is 8.78 Å². The van der Waals surface area contributed by atoms with Crippen molar-refractivity contribution >= 4 is 0 Å². The van der Waals surface area contributed by atoms with Gasteiger partial charge in [-0.25, -0.2) is 8.78 Å². The molecule has 3 rings (SSSR count). The molecule has 2 fully saturated rings. The number of hydrogen-bond acceptors (Lipinski definition) is 3. The van der Waals surface area contributed by atoms with E-state index in [1.54, 1.807) is 0 Å². The van der Waals surface area contributed by atoms with Crippen LogP contribution >= 0.6 is 0 Å². The number of benzene rings is 1. The van der Waals surface area contributed by atoms with Gasteiger partial charge in [-0.05, 0) is 50.4 Å². The van der Waals surface area contributed by atoms with Crippen LogP contribution in [0.4, 0.5) is 17.6 Å². The van der Waals surface area contributed by atoms with Crippen molar-refractivity contribution in [2.24, 2.45) is 17.8 Å². The fraction of sp³-hybridized carbons (Fsp3) is 0.684. The van der Waals surface area contributed by atoms with Crippen molar-refractivity contribution in [2.75, 3.05) is 6.61 Å². The Morgan fingerprint density at radius 1 is 1.04 bits per heavy atom. The number of phenolic OH excluding ortho intramolecular Hbond substituents is 1. The summed E-state index contributed by atoms with van der Waals surface area (Å²) in [5.74, 6) is -4.69. The minimum absolute atomic E-state index is 0.141. The Bertz CT molecular complexity index is 598. The van der Waals surface area contributed by atoms with E-state index in [-0.39, 0.29) is 24.9 Å². The molecule has 2 aliphatic rings. The van der Waals surface area contributed by atoms with E-state index in [4.69, 9.17) is 9.84 Å². The molecular weight excluding hydrogens is 352 g/mol. The summed E-state index contributed by atoms with van der Waals surface area (Å²) in [6, 6.07) is 1.13. The number of hydrogen-bond donors (Lipinski definition) is 1. The lowest BCUT2D eigenvalue weighted by Crippen LogP contribution is -2.40. The Kier molecular flexibility index (Phi) is 5.65. The molecule has 2 unspecified atom stereocenters. The van der Waals surface area contributed by atoms with Gasteiger partial charge in [0.1, 0.15) is 5.75 Å². The maximum absolute atomic E-state index is 14.4. The average molecular weight is 376 g/mol. The van der Waals surface area contributed by atoms with Crippen molar-refractivity contribution in [3.8, 4) is 11.5 Å². The molecule has 3 nitrogen and oxygen atoms in total. The Morgan fingerprint density at radius 2 is 1.65 bits per heavy atom. The maximum atomic E-state index is 14.4. The zero-order valence-electron chi connectivity index (χ0n) is 14.7. The molecule has 2 atom stereocenters. The lowest BCUT2D eigenvalue weighted by atomic mass is 9.77. The summed E-state index contributed by atoms with van der Waals surface area (Å²) in [6.07, 6.45) is 0.482. The number of alkyl halides is 2. The van der Waals surface area contributed by atoms with Crippen LogP contribution in [0, 0.1) is 29.4 Å². The van der Waals surface area contributed by atoms with Crippen molar-refractivity contribution in [3.05, 3.63) is 23.8 Å². The van der Waals surface area contributed by atoms with Crippen LogP contribution in [0.15, 0.2) is 12.1 Å². The van der Waals surface area contributed by atoms with E-state index in [9.17, 15) is 17.6 Å². The lowest BCUT2D eigenvalue weighted by Gasteiger charge is -2.38. The van der Waals surface area contributed by atoms with Gasteiger partial charge in [-0.15, -0.1) is 0 Å². The Morgan fingerprint density at radius 3 is 2.19 bits per heavy atom. The molecule has 0 radical (unpaired) electrons. The fourth-order valence-electron chi connectivity index (χ4n) is 3.94. The molecule has 1 saturated heterocycles. The van der Waals surface area contributed by atoms with E-state index in [0.29, 0.717) is 30.9 Å². The van der Waals surface area contributed by atoms with Crippen molar-refractivity contribution in [2.45, 2.75) is 57.7 Å². The summed E-state index contributed by atoms with van der Waals surface area (Å²) < 4.78 is 65.9. The first-order chi connectivity index (χ1) is 12.3. The van der Waals surface area contributed by atoms with E-state index >= 15 is 0 Å². The van der Waals surface area contributed by atoms with Crippen LogP contribution in [-0.4, -0.2) is 23.9 Å². The van der Waals surface area contributed by atoms with Crippen molar-refractivity contribution in [1.29, 1.82) is 0 Å². The van der Waals surface area contributed by atoms with Crippen LogP contribution in [0.5, 0.6) is 11.5 Å². The minimum Gasteiger partial charge on any atom is -0.503 e. The van der Waals surface area contributed by atoms with E-state index in [1.165, 1.54) is 0 Å². The normalized spacial score (nSPS) is 30.2. The number of rotatable bonds is 4. The summed E-state index contributed by atoms with van der Waals surface area (Å²) in [7, 11) is 0. The number of aromatic hydroxyl groups is 1. The maximum Gasteiger partial charge on any atom is 0.400 e. The first-order valence-electron chi connectivity index (χ1n) is 9.12. The molecule has 0 amide bonds. The molecule has 26 heavy (non-hydrogen) atoms. The number of phenols is 1. The SMILES string of the molecule is CC1CCC(C2CCC(C(F)(F)Oc3cc(F)c(O)c(F)c3)CC2)OC1. The summed E-state index contributed by atoms with van der Waals surface area (Å²) in [5, 5.41) is 9.04. The van der Waals surface area contributed by atoms with Crippen LogP contribution in [0.2, 0.25) is 0 Å². The molecule has 7 heteroatoms. The molecule has 1 heterocycles. The second-order valence-electron chi connectivity index (χ2n) is 7.57. The quantitative estimate of drug-likeness (QED) is 0.728. The molecule has 146 valence electrons. The van der Waals surface area contributed by atoms with Crippen LogP contribution in [-0.2, 0) is 4.74 Å². The summed E-state index contributed by atoms with van der Waals surface area (Å²) >= 11 is 0. The largest absolute Gasteiger partial charge is 0.503 e. The fourth-order valence-corrected chi connectivity index (χ4v) is 3.94. The molecule has 1 aromatic rings. The zero-order chi connectivity index (χ0) is 18.9. The summed E-state index contributed by atoms with van der Waals surface area (Å²) in [4.78, 5) is 0. The number of halogens is 4. The van der Waals surface area contributed by atoms with Gasteiger partial charge >= 0.3 is 6.11 Å². The third-order valence-electron chi connectivity index (χ3n) is 5.56. The highest BCUT2D eigenvalue weighted by Crippen LogP contribution is 2.43. The molecule has 1 saturated carbocycles. The van der Waals surface area contributed by atoms with E-state index in [2.05, 4.69) is 11.7 Å². The highest BCUT2D eigenvalue weighted by atomic mass is 19.3. The Labute approximate surface area is 150 Å². The lowest BCUT2D eigenvalue weighted by molar-refractivity contribution is -0.225. The second-order valence-corrected chi connectivity index (χ2v) is 7.57. The van der Waals surface area contributed by atoms with Gasteiger partial charge in [-0.3, -0.25) is 0 Å². The third kappa shape index (κ3) is 4.24. The van der Waals surface area contributed by atoms with Crippen molar-refractivity contribution in [1.82, 2.24) is 0 Å². The predicted molar refractivity (Wildman–Crippen MR) is 87.2 cm³/mol. The standard InChI is InChI=1S/C19H24F4O3/c1-11-2-7-17(25-10-11)12-3-5-13(6-4-12)19(22,23)26-14-8-15(20)18(24)16(21)9-14/h8-9,11-13,17,24H,2-7,10H2,1H3. The van der Waals surface area contributed by atoms with E-state index in [1.807, 2.05) is 0 Å². The molecule has 1 aromatic carbocycles. The molecule has 1 aliphatic carbocycles. The third-order valence-corrected chi connectivity index (χ3v) is 5.56. The topological polar surface area (TPSA) is 38.7 Å². The van der Waals surface area contributed by atoms with Crippen LogP contribution < -0.4 is 4.74 Å². The molecule has 0 aromatic heterocycles. The molecule has 0 spiro atoms. The summed E-state index contributed by atoms with van der Waals surface area (Å²) in [6.45, 7) is 2.86. The Hall–Kier alpha value is -1.50. The molecule has 1 aliphatic heterocycles. The minimum atomic E-state index is -3.53. The van der Waals surface area contributed by atoms with Crippen molar-refractivity contribution < 1.29 is 32.1 Å². The van der Waals surface area contributed by atoms with Gasteiger partial charge in [0.15, 0.2) is 17.4 Å². The van der Waals surface area contributed by atoms with Crippen LogP contribution in [0.25, 0.3) is 0 Å². The molecular formula is C19H24F4O3. The van der Waals surface area contributed by atoms with Gasteiger partial charge in [0.2, 0.25) is 0 Å². The smallest absolute Gasteiger partial charge is 0.400 e. The zero-order valence-corrected chi connectivity index (χ0v) is 14.7. The van der Waals surface area contributed by atoms with Gasteiger partial charge in [0.05, 0.1) is 12.0 Å².